The van der Waals surface area contributed by atoms with Crippen LogP contribution in [0.25, 0.3) is 10.8 Å². The van der Waals surface area contributed by atoms with Crippen LogP contribution in [0.3, 0.4) is 0 Å². The van der Waals surface area contributed by atoms with Gasteiger partial charge in [-0.3, -0.25) is 14.2 Å². The number of carbonyl (C=O) groups excluding carboxylic acids is 1. The van der Waals surface area contributed by atoms with Crippen LogP contribution in [-0.2, 0) is 17.9 Å². The van der Waals surface area contributed by atoms with Crippen molar-refractivity contribution < 1.29 is 9.53 Å². The summed E-state index contributed by atoms with van der Waals surface area (Å²) in [7, 11) is 0. The number of hydrogen-bond donors (Lipinski definition) is 0. The summed E-state index contributed by atoms with van der Waals surface area (Å²) in [4.78, 5) is 28.8. The van der Waals surface area contributed by atoms with Crippen LogP contribution in [0, 0.1) is 5.92 Å². The number of nitrogens with zero attached hydrogens (tertiary/aromatic N) is 2. The van der Waals surface area contributed by atoms with Crippen LogP contribution in [0.4, 0.5) is 5.69 Å². The molecule has 2 heterocycles. The van der Waals surface area contributed by atoms with Gasteiger partial charge in [-0.25, -0.2) is 0 Å². The van der Waals surface area contributed by atoms with E-state index in [1.54, 1.807) is 9.47 Å². The molecule has 0 bridgehead atoms. The van der Waals surface area contributed by atoms with E-state index in [1.165, 1.54) is 0 Å². The Balaban J connectivity index is 1.85. The van der Waals surface area contributed by atoms with Crippen LogP contribution in [-0.4, -0.2) is 10.5 Å². The molecule has 3 aromatic carbocycles. The van der Waals surface area contributed by atoms with Gasteiger partial charge >= 0.3 is 0 Å². The number of anilines is 1. The lowest BCUT2D eigenvalue weighted by Crippen LogP contribution is -2.35. The predicted octanol–water partition coefficient (Wildman–Crippen LogP) is 5.34. The van der Waals surface area contributed by atoms with Gasteiger partial charge in [0, 0.05) is 22.3 Å². The minimum atomic E-state index is -0.207. The molecule has 160 valence electrons. The van der Waals surface area contributed by atoms with Crippen molar-refractivity contribution in [2.75, 3.05) is 4.90 Å². The number of pyridine rings is 1. The van der Waals surface area contributed by atoms with Crippen molar-refractivity contribution >= 4 is 22.4 Å². The molecular formula is C27H24N2O3. The summed E-state index contributed by atoms with van der Waals surface area (Å²) < 4.78 is 8.07. The van der Waals surface area contributed by atoms with E-state index >= 15 is 0 Å². The maximum Gasteiger partial charge on any atom is 0.261 e. The molecule has 0 radical (unpaired) electrons. The van der Waals surface area contributed by atoms with E-state index < -0.39 is 0 Å². The first-order chi connectivity index (χ1) is 15.5. The lowest BCUT2D eigenvalue weighted by molar-refractivity contribution is -0.121. The smallest absolute Gasteiger partial charge is 0.261 e. The maximum absolute atomic E-state index is 13.6. The third kappa shape index (κ3) is 3.36. The summed E-state index contributed by atoms with van der Waals surface area (Å²) in [6.45, 7) is 4.51. The number of amides is 1. The molecule has 0 fully saturated rings. The number of rotatable bonds is 3. The summed E-state index contributed by atoms with van der Waals surface area (Å²) in [5.74, 6) is 0.837. The van der Waals surface area contributed by atoms with E-state index in [0.717, 1.165) is 16.5 Å². The maximum atomic E-state index is 13.6. The van der Waals surface area contributed by atoms with Crippen LogP contribution in [0.1, 0.15) is 25.0 Å². The normalized spacial score (nSPS) is 12.8. The van der Waals surface area contributed by atoms with E-state index in [1.807, 2.05) is 92.7 Å². The molecule has 0 saturated carbocycles. The van der Waals surface area contributed by atoms with Crippen molar-refractivity contribution in [1.82, 2.24) is 4.57 Å². The minimum absolute atomic E-state index is 0.0124. The van der Waals surface area contributed by atoms with Gasteiger partial charge in [0.25, 0.3) is 5.56 Å². The fourth-order valence-corrected chi connectivity index (χ4v) is 4.22. The second-order valence-electron chi connectivity index (χ2n) is 8.37. The lowest BCUT2D eigenvalue weighted by Gasteiger charge is -2.26. The van der Waals surface area contributed by atoms with Crippen LogP contribution in [0.2, 0.25) is 0 Å². The predicted molar refractivity (Wildman–Crippen MR) is 126 cm³/mol. The van der Waals surface area contributed by atoms with Gasteiger partial charge in [0.1, 0.15) is 11.4 Å². The molecule has 32 heavy (non-hydrogen) atoms. The second kappa shape index (κ2) is 8.00. The molecule has 0 N–H and O–H groups in total. The number of fused-ring (bicyclic) bond motifs is 4. The zero-order valence-corrected chi connectivity index (χ0v) is 18.1. The molecule has 5 heteroatoms. The van der Waals surface area contributed by atoms with Gasteiger partial charge in [0.2, 0.25) is 11.8 Å². The zero-order chi connectivity index (χ0) is 22.2. The first-order valence-electron chi connectivity index (χ1n) is 10.8. The number of aromatic nitrogens is 1. The van der Waals surface area contributed by atoms with E-state index in [-0.39, 0.29) is 17.4 Å². The Morgan fingerprint density at radius 3 is 2.31 bits per heavy atom. The average Bonchev–Trinajstić information content (AvgIpc) is 2.99. The zero-order valence-electron chi connectivity index (χ0n) is 18.1. The van der Waals surface area contributed by atoms with Crippen LogP contribution in [0.5, 0.6) is 11.6 Å². The molecule has 1 aromatic heterocycles. The summed E-state index contributed by atoms with van der Waals surface area (Å²) in [5, 5.41) is 1.29. The van der Waals surface area contributed by atoms with Crippen molar-refractivity contribution in [2.24, 2.45) is 5.92 Å². The molecule has 0 unspecified atom stereocenters. The molecule has 4 aromatic rings. The SMILES string of the molecule is CC(C)C(=O)N1Cc2ccccc2Oc2c1c1ccccc1c(=O)n2Cc1ccccc1. The first-order valence-corrected chi connectivity index (χ1v) is 10.8. The van der Waals surface area contributed by atoms with Gasteiger partial charge in [-0.1, -0.05) is 80.6 Å². The molecular weight excluding hydrogens is 400 g/mol. The molecule has 1 aliphatic heterocycles. The third-order valence-corrected chi connectivity index (χ3v) is 5.83. The number of ether oxygens (including phenoxy) is 1. The topological polar surface area (TPSA) is 51.5 Å². The van der Waals surface area contributed by atoms with E-state index in [9.17, 15) is 9.59 Å². The Morgan fingerprint density at radius 2 is 1.56 bits per heavy atom. The second-order valence-corrected chi connectivity index (χ2v) is 8.37. The number of carbonyl (C=O) groups is 1. The number of benzene rings is 3. The van der Waals surface area contributed by atoms with Crippen molar-refractivity contribution in [2.45, 2.75) is 26.9 Å². The Labute approximate surface area is 186 Å². The summed E-state index contributed by atoms with van der Waals surface area (Å²) in [5.41, 5.74) is 2.39. The highest BCUT2D eigenvalue weighted by molar-refractivity contribution is 6.06. The van der Waals surface area contributed by atoms with Crippen LogP contribution < -0.4 is 15.2 Å². The van der Waals surface area contributed by atoms with E-state index in [4.69, 9.17) is 4.74 Å². The van der Waals surface area contributed by atoms with Gasteiger partial charge in [0.05, 0.1) is 13.1 Å². The van der Waals surface area contributed by atoms with Crippen LogP contribution >= 0.6 is 0 Å². The largest absolute Gasteiger partial charge is 0.438 e. The molecule has 5 nitrogen and oxygen atoms in total. The summed E-state index contributed by atoms with van der Waals surface area (Å²) >= 11 is 0. The van der Waals surface area contributed by atoms with Crippen LogP contribution in [0.15, 0.2) is 83.7 Å². The Hall–Kier alpha value is -3.86. The fourth-order valence-electron chi connectivity index (χ4n) is 4.22. The molecule has 5 rings (SSSR count). The molecule has 0 aliphatic carbocycles. The van der Waals surface area contributed by atoms with Gasteiger partial charge in [-0.15, -0.1) is 0 Å². The molecule has 0 saturated heterocycles. The van der Waals surface area contributed by atoms with Crippen molar-refractivity contribution in [3.63, 3.8) is 0 Å². The number of hydrogen-bond acceptors (Lipinski definition) is 3. The fraction of sp³-hybridized carbons (Fsp3) is 0.185. The Morgan fingerprint density at radius 1 is 0.906 bits per heavy atom. The molecule has 0 spiro atoms. The first kappa shape index (κ1) is 20.1. The molecule has 0 atom stereocenters. The quantitative estimate of drug-likeness (QED) is 0.446. The third-order valence-electron chi connectivity index (χ3n) is 5.83. The Kier molecular flexibility index (Phi) is 5.02. The van der Waals surface area contributed by atoms with Crippen molar-refractivity contribution in [3.05, 3.63) is 100 Å². The highest BCUT2D eigenvalue weighted by Crippen LogP contribution is 2.43. The highest BCUT2D eigenvalue weighted by Gasteiger charge is 2.31. The van der Waals surface area contributed by atoms with E-state index in [2.05, 4.69) is 0 Å². The van der Waals surface area contributed by atoms with Gasteiger partial charge in [-0.05, 0) is 17.7 Å². The standard InChI is InChI=1S/C27H24N2O3/c1-18(2)25(30)28-17-20-12-6-9-15-23(20)32-27-24(28)21-13-7-8-14-22(21)26(31)29(27)16-19-10-4-3-5-11-19/h3-15,18H,16-17H2,1-2H3. The van der Waals surface area contributed by atoms with E-state index in [0.29, 0.717) is 35.8 Å². The Bertz CT molecular complexity index is 1370. The van der Waals surface area contributed by atoms with Crippen molar-refractivity contribution in [3.8, 4) is 11.6 Å². The summed E-state index contributed by atoms with van der Waals surface area (Å²) in [6, 6.07) is 24.9. The minimum Gasteiger partial charge on any atom is -0.438 e. The van der Waals surface area contributed by atoms with Gasteiger partial charge in [0.15, 0.2) is 0 Å². The molecule has 1 amide bonds. The highest BCUT2D eigenvalue weighted by atomic mass is 16.5. The lowest BCUT2D eigenvalue weighted by atomic mass is 10.1. The monoisotopic (exact) mass is 424 g/mol. The molecule has 1 aliphatic rings. The number of para-hydroxylation sites is 1. The summed E-state index contributed by atoms with van der Waals surface area (Å²) in [6.07, 6.45) is 0. The van der Waals surface area contributed by atoms with Gasteiger partial charge in [-0.2, -0.15) is 0 Å². The average molecular weight is 425 g/mol. The van der Waals surface area contributed by atoms with Gasteiger partial charge < -0.3 is 9.64 Å². The van der Waals surface area contributed by atoms with Crippen molar-refractivity contribution in [1.29, 1.82) is 0 Å².